The number of methoxy groups -OCH3 is 1. The molecule has 0 unspecified atom stereocenters. The Morgan fingerprint density at radius 3 is 2.72 bits per heavy atom. The number of aromatic nitrogens is 1. The Balaban J connectivity index is 2.52. The van der Waals surface area contributed by atoms with Gasteiger partial charge in [0.1, 0.15) is 5.75 Å². The van der Waals surface area contributed by atoms with Crippen molar-refractivity contribution in [1.29, 1.82) is 0 Å². The van der Waals surface area contributed by atoms with E-state index >= 15 is 0 Å². The van der Waals surface area contributed by atoms with Crippen LogP contribution in [-0.2, 0) is 0 Å². The van der Waals surface area contributed by atoms with Gasteiger partial charge in [0, 0.05) is 23.5 Å². The Kier molecular flexibility index (Phi) is 3.63. The molecule has 0 fully saturated rings. The molecule has 0 N–H and O–H groups in total. The number of halogens is 1. The lowest BCUT2D eigenvalue weighted by atomic mass is 10.0. The number of ether oxygens (including phenoxy) is 1. The third kappa shape index (κ3) is 2.36. The van der Waals surface area contributed by atoms with Crippen LogP contribution in [0.15, 0.2) is 36.7 Å². The zero-order valence-corrected chi connectivity index (χ0v) is 10.9. The van der Waals surface area contributed by atoms with Gasteiger partial charge in [-0.3, -0.25) is 9.78 Å². The van der Waals surface area contributed by atoms with Gasteiger partial charge in [-0.2, -0.15) is 0 Å². The van der Waals surface area contributed by atoms with Crippen LogP contribution in [0.3, 0.4) is 0 Å². The van der Waals surface area contributed by atoms with Gasteiger partial charge < -0.3 is 4.74 Å². The second-order valence-electron chi connectivity index (χ2n) is 3.83. The smallest absolute Gasteiger partial charge is 0.161 e. The predicted molar refractivity (Wildman–Crippen MR) is 71.2 cm³/mol. The summed E-state index contributed by atoms with van der Waals surface area (Å²) in [4.78, 5) is 15.4. The molecule has 4 heteroatoms. The molecule has 0 aliphatic heterocycles. The van der Waals surface area contributed by atoms with E-state index in [9.17, 15) is 4.79 Å². The Morgan fingerprint density at radius 1 is 1.33 bits per heavy atom. The maximum Gasteiger partial charge on any atom is 0.161 e. The average Bonchev–Trinajstić information content (AvgIpc) is 2.38. The van der Waals surface area contributed by atoms with E-state index in [0.717, 1.165) is 16.9 Å². The van der Waals surface area contributed by atoms with Crippen LogP contribution in [0.2, 0.25) is 5.02 Å². The standard InChI is InChI=1S/C14H12ClNO2/c1-9(17)11-4-3-10(7-13(11)15)12-8-16-6-5-14(12)18-2/h3-8H,1-2H3. The molecular formula is C14H12ClNO2. The molecular weight excluding hydrogens is 250 g/mol. The summed E-state index contributed by atoms with van der Waals surface area (Å²) in [6.07, 6.45) is 3.37. The first kappa shape index (κ1) is 12.6. The predicted octanol–water partition coefficient (Wildman–Crippen LogP) is 3.61. The molecule has 1 aromatic carbocycles. The number of nitrogens with zero attached hydrogens (tertiary/aromatic N) is 1. The fraction of sp³-hybridized carbons (Fsp3) is 0.143. The van der Waals surface area contributed by atoms with Gasteiger partial charge in [-0.25, -0.2) is 0 Å². The van der Waals surface area contributed by atoms with Crippen molar-refractivity contribution in [1.82, 2.24) is 4.98 Å². The molecule has 92 valence electrons. The van der Waals surface area contributed by atoms with Gasteiger partial charge in [0.15, 0.2) is 5.78 Å². The van der Waals surface area contributed by atoms with Crippen LogP contribution < -0.4 is 4.74 Å². The van der Waals surface area contributed by atoms with E-state index in [2.05, 4.69) is 4.98 Å². The van der Waals surface area contributed by atoms with Crippen LogP contribution in [0.5, 0.6) is 5.75 Å². The van der Waals surface area contributed by atoms with Gasteiger partial charge in [0.25, 0.3) is 0 Å². The molecule has 0 saturated heterocycles. The molecule has 3 nitrogen and oxygen atoms in total. The van der Waals surface area contributed by atoms with Gasteiger partial charge in [-0.15, -0.1) is 0 Å². The van der Waals surface area contributed by atoms with Gasteiger partial charge in [-0.05, 0) is 30.7 Å². The number of rotatable bonds is 3. The number of ketones is 1. The molecule has 1 heterocycles. The van der Waals surface area contributed by atoms with Crippen molar-refractivity contribution >= 4 is 17.4 Å². The van der Waals surface area contributed by atoms with E-state index < -0.39 is 0 Å². The summed E-state index contributed by atoms with van der Waals surface area (Å²) in [7, 11) is 1.60. The zero-order valence-electron chi connectivity index (χ0n) is 10.1. The van der Waals surface area contributed by atoms with Crippen LogP contribution >= 0.6 is 11.6 Å². The third-order valence-electron chi connectivity index (χ3n) is 2.66. The van der Waals surface area contributed by atoms with Gasteiger partial charge in [-0.1, -0.05) is 17.7 Å². The van der Waals surface area contributed by atoms with Crippen molar-refractivity contribution in [3.63, 3.8) is 0 Å². The average molecular weight is 262 g/mol. The van der Waals surface area contributed by atoms with E-state index in [1.807, 2.05) is 6.07 Å². The number of pyridine rings is 1. The topological polar surface area (TPSA) is 39.2 Å². The number of Topliss-reactive ketones (excluding diaryl/α,β-unsaturated/α-hetero) is 1. The van der Waals surface area contributed by atoms with E-state index in [-0.39, 0.29) is 5.78 Å². The summed E-state index contributed by atoms with van der Waals surface area (Å²) in [6, 6.07) is 7.08. The highest BCUT2D eigenvalue weighted by molar-refractivity contribution is 6.34. The zero-order chi connectivity index (χ0) is 13.1. The molecule has 0 radical (unpaired) electrons. The molecule has 0 atom stereocenters. The SMILES string of the molecule is COc1ccncc1-c1ccc(C(C)=O)c(Cl)c1. The summed E-state index contributed by atoms with van der Waals surface area (Å²) in [5.74, 6) is 0.668. The highest BCUT2D eigenvalue weighted by Crippen LogP contribution is 2.31. The second kappa shape index (κ2) is 5.19. The van der Waals surface area contributed by atoms with Gasteiger partial charge in [0.2, 0.25) is 0 Å². The summed E-state index contributed by atoms with van der Waals surface area (Å²) in [5.41, 5.74) is 2.23. The normalized spacial score (nSPS) is 10.2. The fourth-order valence-electron chi connectivity index (χ4n) is 1.74. The minimum atomic E-state index is -0.0512. The molecule has 0 aliphatic rings. The Hall–Kier alpha value is -1.87. The lowest BCUT2D eigenvalue weighted by Crippen LogP contribution is -1.94. The Morgan fingerprint density at radius 2 is 2.11 bits per heavy atom. The van der Waals surface area contributed by atoms with Crippen molar-refractivity contribution in [2.24, 2.45) is 0 Å². The summed E-state index contributed by atoms with van der Waals surface area (Å²) in [6.45, 7) is 1.49. The number of hydrogen-bond donors (Lipinski definition) is 0. The number of benzene rings is 1. The highest BCUT2D eigenvalue weighted by Gasteiger charge is 2.10. The van der Waals surface area contributed by atoms with E-state index in [1.54, 1.807) is 37.7 Å². The highest BCUT2D eigenvalue weighted by atomic mass is 35.5. The van der Waals surface area contributed by atoms with Crippen LogP contribution in [0.1, 0.15) is 17.3 Å². The van der Waals surface area contributed by atoms with Crippen molar-refractivity contribution < 1.29 is 9.53 Å². The molecule has 0 bridgehead atoms. The Labute approximate surface area is 110 Å². The minimum absolute atomic E-state index is 0.0512. The van der Waals surface area contributed by atoms with Gasteiger partial charge >= 0.3 is 0 Å². The van der Waals surface area contributed by atoms with Crippen molar-refractivity contribution in [2.45, 2.75) is 6.92 Å². The lowest BCUT2D eigenvalue weighted by Gasteiger charge is -2.09. The first-order valence-corrected chi connectivity index (χ1v) is 5.80. The monoisotopic (exact) mass is 261 g/mol. The molecule has 2 aromatic rings. The molecule has 18 heavy (non-hydrogen) atoms. The molecule has 0 aliphatic carbocycles. The summed E-state index contributed by atoms with van der Waals surface area (Å²) < 4.78 is 5.27. The number of carbonyl (C=O) groups is 1. The quantitative estimate of drug-likeness (QED) is 0.793. The minimum Gasteiger partial charge on any atom is -0.496 e. The van der Waals surface area contributed by atoms with E-state index in [0.29, 0.717) is 10.6 Å². The lowest BCUT2D eigenvalue weighted by molar-refractivity contribution is 0.101. The maximum absolute atomic E-state index is 11.3. The number of hydrogen-bond acceptors (Lipinski definition) is 3. The fourth-order valence-corrected chi connectivity index (χ4v) is 2.06. The molecule has 2 rings (SSSR count). The number of carbonyl (C=O) groups excluding carboxylic acids is 1. The second-order valence-corrected chi connectivity index (χ2v) is 4.23. The summed E-state index contributed by atoms with van der Waals surface area (Å²) in [5, 5.41) is 0.436. The van der Waals surface area contributed by atoms with Crippen LogP contribution in [0, 0.1) is 0 Å². The Bertz CT molecular complexity index is 596. The van der Waals surface area contributed by atoms with Crippen molar-refractivity contribution in [2.75, 3.05) is 7.11 Å². The van der Waals surface area contributed by atoms with Crippen molar-refractivity contribution in [3.05, 3.63) is 47.2 Å². The van der Waals surface area contributed by atoms with Gasteiger partial charge in [0.05, 0.1) is 12.1 Å². The maximum atomic E-state index is 11.3. The first-order valence-electron chi connectivity index (χ1n) is 5.42. The molecule has 0 amide bonds. The largest absolute Gasteiger partial charge is 0.496 e. The van der Waals surface area contributed by atoms with Crippen LogP contribution in [0.25, 0.3) is 11.1 Å². The molecule has 0 spiro atoms. The van der Waals surface area contributed by atoms with E-state index in [4.69, 9.17) is 16.3 Å². The van der Waals surface area contributed by atoms with E-state index in [1.165, 1.54) is 6.92 Å². The molecule has 0 saturated carbocycles. The van der Waals surface area contributed by atoms with Crippen LogP contribution in [-0.4, -0.2) is 17.9 Å². The first-order chi connectivity index (χ1) is 8.63. The van der Waals surface area contributed by atoms with Crippen molar-refractivity contribution in [3.8, 4) is 16.9 Å². The molecule has 1 aromatic heterocycles. The van der Waals surface area contributed by atoms with Crippen LogP contribution in [0.4, 0.5) is 0 Å². The summed E-state index contributed by atoms with van der Waals surface area (Å²) >= 11 is 6.09. The third-order valence-corrected chi connectivity index (χ3v) is 2.97.